The van der Waals surface area contributed by atoms with Gasteiger partial charge in [-0.2, -0.15) is 0 Å². The van der Waals surface area contributed by atoms with E-state index in [9.17, 15) is 9.59 Å². The molecular formula is C40H55NO4Si. The second-order valence-electron chi connectivity index (χ2n) is 15.0. The number of esters is 1. The highest BCUT2D eigenvalue weighted by Crippen LogP contribution is 2.42. The van der Waals surface area contributed by atoms with Gasteiger partial charge in [-0.15, -0.1) is 0 Å². The average molecular weight is 642 g/mol. The first-order valence-corrected chi connectivity index (χ1v) is 19.1. The van der Waals surface area contributed by atoms with Crippen molar-refractivity contribution in [1.29, 1.82) is 0 Å². The van der Waals surface area contributed by atoms with Crippen molar-refractivity contribution in [2.75, 3.05) is 6.61 Å². The van der Waals surface area contributed by atoms with Crippen LogP contribution >= 0.6 is 0 Å². The van der Waals surface area contributed by atoms with Crippen LogP contribution in [-0.2, 0) is 30.6 Å². The van der Waals surface area contributed by atoms with Gasteiger partial charge in [0, 0.05) is 6.42 Å². The van der Waals surface area contributed by atoms with Gasteiger partial charge in [0.15, 0.2) is 0 Å². The maximum atomic E-state index is 14.3. The minimum Gasteiger partial charge on any atom is -0.459 e. The van der Waals surface area contributed by atoms with Crippen LogP contribution in [0, 0.1) is 0 Å². The number of hydrogen-bond donors (Lipinski definition) is 1. The fraction of sp³-hybridized carbons (Fsp3) is 0.500. The average Bonchev–Trinajstić information content (AvgIpc) is 3.36. The van der Waals surface area contributed by atoms with E-state index in [1.54, 1.807) is 0 Å². The molecule has 248 valence electrons. The monoisotopic (exact) mass is 641 g/mol. The second-order valence-corrected chi connectivity index (χ2v) is 19.3. The Morgan fingerprint density at radius 2 is 1.35 bits per heavy atom. The molecule has 0 spiro atoms. The molecule has 1 heterocycles. The molecule has 0 saturated carbocycles. The summed E-state index contributed by atoms with van der Waals surface area (Å²) in [5.41, 5.74) is 0.115. The fourth-order valence-corrected chi connectivity index (χ4v) is 11.6. The predicted molar refractivity (Wildman–Crippen MR) is 191 cm³/mol. The van der Waals surface area contributed by atoms with Gasteiger partial charge in [0.25, 0.3) is 8.32 Å². The van der Waals surface area contributed by atoms with Gasteiger partial charge in [-0.3, -0.25) is 9.59 Å². The van der Waals surface area contributed by atoms with Gasteiger partial charge in [-0.25, -0.2) is 0 Å². The molecule has 0 radical (unpaired) electrons. The maximum Gasteiger partial charge on any atom is 0.319 e. The van der Waals surface area contributed by atoms with E-state index in [2.05, 4.69) is 93.7 Å². The number of unbranched alkanes of at least 4 members (excludes halogenated alkanes) is 5. The molecule has 46 heavy (non-hydrogen) atoms. The van der Waals surface area contributed by atoms with Crippen molar-refractivity contribution in [2.24, 2.45) is 0 Å². The zero-order chi connectivity index (χ0) is 33.4. The molecule has 2 atom stereocenters. The molecule has 3 aromatic rings. The molecule has 1 aliphatic heterocycles. The molecule has 1 aliphatic rings. The Labute approximate surface area is 278 Å². The summed E-state index contributed by atoms with van der Waals surface area (Å²) in [7, 11) is -2.92. The van der Waals surface area contributed by atoms with Crippen LogP contribution in [0.1, 0.15) is 105 Å². The lowest BCUT2D eigenvalue weighted by Crippen LogP contribution is -2.68. The lowest BCUT2D eigenvalue weighted by molar-refractivity contribution is -0.163. The fourth-order valence-electron chi connectivity index (χ4n) is 6.98. The van der Waals surface area contributed by atoms with Crippen LogP contribution in [0.15, 0.2) is 84.9 Å². The first kappa shape index (κ1) is 35.6. The van der Waals surface area contributed by atoms with E-state index >= 15 is 0 Å². The minimum absolute atomic E-state index is 0.0213. The number of ether oxygens (including phenoxy) is 1. The van der Waals surface area contributed by atoms with E-state index in [4.69, 9.17) is 9.16 Å². The van der Waals surface area contributed by atoms with Crippen molar-refractivity contribution in [3.63, 3.8) is 0 Å². The first-order chi connectivity index (χ1) is 21.8. The van der Waals surface area contributed by atoms with Gasteiger partial charge in [0.2, 0.25) is 5.91 Å². The molecule has 3 aromatic carbocycles. The minimum atomic E-state index is -2.92. The van der Waals surface area contributed by atoms with E-state index in [1.807, 2.05) is 45.0 Å². The van der Waals surface area contributed by atoms with Crippen LogP contribution in [-0.4, -0.2) is 38.4 Å². The van der Waals surface area contributed by atoms with E-state index in [0.29, 0.717) is 0 Å². The van der Waals surface area contributed by atoms with Crippen molar-refractivity contribution in [2.45, 2.75) is 122 Å². The summed E-state index contributed by atoms with van der Waals surface area (Å²) in [6, 6.07) is 28.6. The smallest absolute Gasteiger partial charge is 0.319 e. The maximum absolute atomic E-state index is 14.3. The Balaban J connectivity index is 1.71. The Morgan fingerprint density at radius 1 is 0.804 bits per heavy atom. The normalized spacial score (nSPS) is 18.8. The SMILES string of the molecule is CCCCCCCCc1ccc([C@]2(C(=O)OC(C)(C)C)CC(=O)N[C@H]2CO[Si](c2ccccc2)(c2ccccc2)C(C)(C)C)cc1. The molecule has 0 bridgehead atoms. The number of aryl methyl sites for hydroxylation is 1. The van der Waals surface area contributed by atoms with Gasteiger partial charge in [-0.05, 0) is 60.2 Å². The van der Waals surface area contributed by atoms with E-state index in [1.165, 1.54) is 37.7 Å². The topological polar surface area (TPSA) is 64.6 Å². The summed E-state index contributed by atoms with van der Waals surface area (Å²) in [5.74, 6) is -0.559. The Bertz CT molecular complexity index is 1370. The second kappa shape index (κ2) is 15.1. The number of carbonyl (C=O) groups is 2. The lowest BCUT2D eigenvalue weighted by Gasteiger charge is -2.44. The van der Waals surface area contributed by atoms with Crippen molar-refractivity contribution >= 4 is 30.6 Å². The summed E-state index contributed by atoms with van der Waals surface area (Å²) in [6.45, 7) is 14.7. The van der Waals surface area contributed by atoms with Crippen molar-refractivity contribution in [3.8, 4) is 0 Å². The van der Waals surface area contributed by atoms with Crippen LogP contribution in [0.3, 0.4) is 0 Å². The van der Waals surface area contributed by atoms with Gasteiger partial charge < -0.3 is 14.5 Å². The molecule has 1 fully saturated rings. The van der Waals surface area contributed by atoms with Crippen molar-refractivity contribution < 1.29 is 18.8 Å². The summed E-state index contributed by atoms with van der Waals surface area (Å²) in [6.07, 6.45) is 8.52. The quantitative estimate of drug-likeness (QED) is 0.112. The van der Waals surface area contributed by atoms with Crippen molar-refractivity contribution in [1.82, 2.24) is 5.32 Å². The molecule has 6 heteroatoms. The summed E-state index contributed by atoms with van der Waals surface area (Å²) in [4.78, 5) is 27.7. The Morgan fingerprint density at radius 3 is 1.87 bits per heavy atom. The highest BCUT2D eigenvalue weighted by Gasteiger charge is 2.58. The molecule has 5 nitrogen and oxygen atoms in total. The molecule has 0 aliphatic carbocycles. The standard InChI is InChI=1S/C40H55NO4Si/c1-8-9-10-11-12-15-20-31-25-27-32(28-26-31)40(37(43)45-38(2,3)4)29-36(42)41-35(40)30-44-46(39(5,6)7,33-21-16-13-17-22-33)34-23-18-14-19-24-34/h13-14,16-19,21-28,35H,8-12,15,20,29-30H2,1-7H3,(H,41,42)/t35-,40+/m0/s1. The summed E-state index contributed by atoms with van der Waals surface area (Å²) < 4.78 is 13.4. The van der Waals surface area contributed by atoms with Crippen LogP contribution < -0.4 is 15.7 Å². The molecule has 1 amide bonds. The van der Waals surface area contributed by atoms with E-state index in [-0.39, 0.29) is 24.0 Å². The predicted octanol–water partition coefficient (Wildman–Crippen LogP) is 7.63. The number of hydrogen-bond acceptors (Lipinski definition) is 4. The molecule has 1 saturated heterocycles. The molecule has 4 rings (SSSR count). The third-order valence-electron chi connectivity index (χ3n) is 9.30. The van der Waals surface area contributed by atoms with Crippen LogP contribution in [0.4, 0.5) is 0 Å². The Hall–Kier alpha value is -3.22. The van der Waals surface area contributed by atoms with Crippen LogP contribution in [0.2, 0.25) is 5.04 Å². The number of carbonyl (C=O) groups excluding carboxylic acids is 2. The van der Waals surface area contributed by atoms with E-state index < -0.39 is 31.3 Å². The first-order valence-electron chi connectivity index (χ1n) is 17.2. The van der Waals surface area contributed by atoms with E-state index in [0.717, 1.165) is 28.8 Å². The molecule has 0 aromatic heterocycles. The lowest BCUT2D eigenvalue weighted by atomic mass is 9.74. The highest BCUT2D eigenvalue weighted by atomic mass is 28.4. The number of benzene rings is 3. The van der Waals surface area contributed by atoms with Crippen molar-refractivity contribution in [3.05, 3.63) is 96.1 Å². The van der Waals surface area contributed by atoms with Gasteiger partial charge in [-0.1, -0.05) is 145 Å². The third-order valence-corrected chi connectivity index (χ3v) is 14.3. The largest absolute Gasteiger partial charge is 0.459 e. The Kier molecular flexibility index (Phi) is 11.7. The third kappa shape index (κ3) is 8.00. The zero-order valence-corrected chi connectivity index (χ0v) is 30.2. The molecule has 0 unspecified atom stereocenters. The summed E-state index contributed by atoms with van der Waals surface area (Å²) in [5, 5.41) is 5.23. The number of amides is 1. The van der Waals surface area contributed by atoms with Crippen LogP contribution in [0.25, 0.3) is 0 Å². The van der Waals surface area contributed by atoms with Crippen LogP contribution in [0.5, 0.6) is 0 Å². The van der Waals surface area contributed by atoms with Gasteiger partial charge >= 0.3 is 5.97 Å². The highest BCUT2D eigenvalue weighted by molar-refractivity contribution is 6.99. The molecular weight excluding hydrogens is 587 g/mol. The molecule has 1 N–H and O–H groups in total. The van der Waals surface area contributed by atoms with Gasteiger partial charge in [0.05, 0.1) is 12.6 Å². The number of rotatable bonds is 14. The van der Waals surface area contributed by atoms with Gasteiger partial charge in [0.1, 0.15) is 11.0 Å². The zero-order valence-electron chi connectivity index (χ0n) is 29.2. The summed E-state index contributed by atoms with van der Waals surface area (Å²) >= 11 is 0. The number of nitrogens with one attached hydrogen (secondary N) is 1.